The summed E-state index contributed by atoms with van der Waals surface area (Å²) in [4.78, 5) is 22.7. The Kier molecular flexibility index (Phi) is 3.06. The van der Waals surface area contributed by atoms with Crippen molar-refractivity contribution < 1.29 is 9.34 Å². The monoisotopic (exact) mass is 284 g/mol. The minimum absolute atomic E-state index is 0.104. The number of non-ortho nitro benzene ring substituents is 1. The van der Waals surface area contributed by atoms with Gasteiger partial charge in [0.2, 0.25) is 5.43 Å². The first kappa shape index (κ1) is 13.1. The van der Waals surface area contributed by atoms with Crippen LogP contribution in [0.1, 0.15) is 6.92 Å². The van der Waals surface area contributed by atoms with Crippen molar-refractivity contribution in [1.29, 1.82) is 0 Å². The van der Waals surface area contributed by atoms with E-state index in [1.54, 1.807) is 18.2 Å². The van der Waals surface area contributed by atoms with E-state index in [2.05, 4.69) is 5.32 Å². The summed E-state index contributed by atoms with van der Waals surface area (Å²) >= 11 is 0. The third-order valence-corrected chi connectivity index (χ3v) is 3.25. The van der Waals surface area contributed by atoms with Crippen molar-refractivity contribution in [2.45, 2.75) is 6.92 Å². The Morgan fingerprint density at radius 1 is 1.14 bits per heavy atom. The van der Waals surface area contributed by atoms with Crippen LogP contribution in [0.4, 0.5) is 11.4 Å². The summed E-state index contributed by atoms with van der Waals surface area (Å²) in [6.07, 6.45) is 0. The number of benzene rings is 2. The molecule has 0 atom stereocenters. The van der Waals surface area contributed by atoms with Gasteiger partial charge in [0.05, 0.1) is 21.8 Å². The Morgan fingerprint density at radius 2 is 1.81 bits per heavy atom. The molecule has 0 bridgehead atoms. The molecule has 0 radical (unpaired) electrons. The third kappa shape index (κ3) is 2.20. The van der Waals surface area contributed by atoms with E-state index in [4.69, 9.17) is 4.42 Å². The average Bonchev–Trinajstić information content (AvgIpc) is 2.47. The molecule has 0 aliphatic rings. The molecule has 1 heterocycles. The smallest absolute Gasteiger partial charge is 0.273 e. The predicted molar refractivity (Wildman–Crippen MR) is 80.8 cm³/mol. The van der Waals surface area contributed by atoms with Crippen molar-refractivity contribution >= 4 is 33.3 Å². The van der Waals surface area contributed by atoms with Gasteiger partial charge in [0.25, 0.3) is 5.69 Å². The molecule has 0 aliphatic carbocycles. The van der Waals surface area contributed by atoms with Crippen LogP contribution in [0.25, 0.3) is 21.9 Å². The van der Waals surface area contributed by atoms with Crippen LogP contribution in [0.2, 0.25) is 0 Å². The van der Waals surface area contributed by atoms with Crippen molar-refractivity contribution in [3.05, 3.63) is 56.7 Å². The van der Waals surface area contributed by atoms with Crippen LogP contribution < -0.4 is 10.7 Å². The second kappa shape index (κ2) is 4.90. The lowest BCUT2D eigenvalue weighted by Gasteiger charge is -2.05. The van der Waals surface area contributed by atoms with E-state index in [0.717, 1.165) is 12.2 Å². The highest BCUT2D eigenvalue weighted by atomic mass is 16.6. The van der Waals surface area contributed by atoms with Crippen molar-refractivity contribution in [2.24, 2.45) is 0 Å². The molecule has 0 unspecified atom stereocenters. The molecule has 106 valence electrons. The molecule has 3 aromatic rings. The molecule has 3 rings (SSSR count). The summed E-state index contributed by atoms with van der Waals surface area (Å²) in [6, 6.07) is 9.23. The number of anilines is 1. The minimum Gasteiger partial charge on any atom is -0.455 e. The number of fused-ring (bicyclic) bond motifs is 2. The van der Waals surface area contributed by atoms with Gasteiger partial charge in [-0.3, -0.25) is 14.9 Å². The Morgan fingerprint density at radius 3 is 2.48 bits per heavy atom. The maximum Gasteiger partial charge on any atom is 0.273 e. The van der Waals surface area contributed by atoms with E-state index in [1.165, 1.54) is 18.2 Å². The molecule has 1 N–H and O–H groups in total. The standard InChI is InChI=1S/C15H12N2O4/c1-2-16-9-3-5-11-13(7-9)21-14-8-10(17(19)20)4-6-12(14)15(11)18/h3-8,16H,2H2,1H3. The predicted octanol–water partition coefficient (Wildman–Crippen LogP) is 3.29. The lowest BCUT2D eigenvalue weighted by Crippen LogP contribution is -2.03. The highest BCUT2D eigenvalue weighted by molar-refractivity contribution is 5.91. The van der Waals surface area contributed by atoms with Crippen molar-refractivity contribution in [1.82, 2.24) is 0 Å². The van der Waals surface area contributed by atoms with Gasteiger partial charge < -0.3 is 9.73 Å². The van der Waals surface area contributed by atoms with Gasteiger partial charge in [-0.1, -0.05) is 0 Å². The maximum atomic E-state index is 12.4. The Balaban J connectivity index is 2.32. The highest BCUT2D eigenvalue weighted by Crippen LogP contribution is 2.24. The molecule has 6 heteroatoms. The lowest BCUT2D eigenvalue weighted by molar-refractivity contribution is -0.384. The summed E-state index contributed by atoms with van der Waals surface area (Å²) in [5.74, 6) is 0. The van der Waals surface area contributed by atoms with Crippen molar-refractivity contribution in [3.63, 3.8) is 0 Å². The molecule has 0 saturated carbocycles. The fourth-order valence-corrected chi connectivity index (χ4v) is 2.27. The van der Waals surface area contributed by atoms with Gasteiger partial charge in [0, 0.05) is 24.4 Å². The minimum atomic E-state index is -0.515. The molecular weight excluding hydrogens is 272 g/mol. The largest absolute Gasteiger partial charge is 0.455 e. The molecule has 6 nitrogen and oxygen atoms in total. The molecule has 0 fully saturated rings. The van der Waals surface area contributed by atoms with Gasteiger partial charge in [-0.15, -0.1) is 0 Å². The van der Waals surface area contributed by atoms with Crippen LogP contribution in [-0.2, 0) is 0 Å². The zero-order valence-electron chi connectivity index (χ0n) is 11.3. The molecule has 0 amide bonds. The average molecular weight is 284 g/mol. The maximum absolute atomic E-state index is 12.4. The van der Waals surface area contributed by atoms with Gasteiger partial charge in [-0.2, -0.15) is 0 Å². The van der Waals surface area contributed by atoms with E-state index in [0.29, 0.717) is 16.4 Å². The summed E-state index contributed by atoms with van der Waals surface area (Å²) in [7, 11) is 0. The number of nitro groups is 1. The van der Waals surface area contributed by atoms with Crippen LogP contribution in [0, 0.1) is 10.1 Å². The zero-order chi connectivity index (χ0) is 15.0. The number of nitro benzene ring substituents is 1. The number of nitrogens with one attached hydrogen (secondary N) is 1. The summed E-state index contributed by atoms with van der Waals surface area (Å²) < 4.78 is 5.66. The molecule has 1 aromatic heterocycles. The van der Waals surface area contributed by atoms with Crippen LogP contribution >= 0.6 is 0 Å². The molecular formula is C15H12N2O4. The van der Waals surface area contributed by atoms with E-state index < -0.39 is 4.92 Å². The Bertz CT molecular complexity index is 915. The lowest BCUT2D eigenvalue weighted by atomic mass is 10.1. The van der Waals surface area contributed by atoms with Crippen LogP contribution in [-0.4, -0.2) is 11.5 Å². The van der Waals surface area contributed by atoms with E-state index in [9.17, 15) is 14.9 Å². The first-order chi connectivity index (χ1) is 10.1. The number of nitrogens with zero attached hydrogens (tertiary/aromatic N) is 1. The van der Waals surface area contributed by atoms with Crippen LogP contribution in [0.5, 0.6) is 0 Å². The Hall–Kier alpha value is -2.89. The van der Waals surface area contributed by atoms with Gasteiger partial charge in [-0.25, -0.2) is 0 Å². The first-order valence-corrected chi connectivity index (χ1v) is 6.49. The van der Waals surface area contributed by atoms with Crippen molar-refractivity contribution in [3.8, 4) is 0 Å². The molecule has 0 saturated heterocycles. The summed E-state index contributed by atoms with van der Waals surface area (Å²) in [5, 5.41) is 14.7. The summed E-state index contributed by atoms with van der Waals surface area (Å²) in [5.41, 5.74) is 1.16. The third-order valence-electron chi connectivity index (χ3n) is 3.25. The molecule has 2 aromatic carbocycles. The Labute approximate surface area is 119 Å². The van der Waals surface area contributed by atoms with Gasteiger partial charge in [-0.05, 0) is 25.1 Å². The van der Waals surface area contributed by atoms with Gasteiger partial charge in [0.1, 0.15) is 11.2 Å². The highest BCUT2D eigenvalue weighted by Gasteiger charge is 2.12. The number of hydrogen-bond donors (Lipinski definition) is 1. The topological polar surface area (TPSA) is 85.4 Å². The van der Waals surface area contributed by atoms with Crippen LogP contribution in [0.15, 0.2) is 45.6 Å². The number of rotatable bonds is 3. The first-order valence-electron chi connectivity index (χ1n) is 6.49. The second-order valence-corrected chi connectivity index (χ2v) is 4.61. The quantitative estimate of drug-likeness (QED) is 0.453. The zero-order valence-corrected chi connectivity index (χ0v) is 11.3. The van der Waals surface area contributed by atoms with Gasteiger partial charge in [0.15, 0.2) is 0 Å². The van der Waals surface area contributed by atoms with Crippen LogP contribution in [0.3, 0.4) is 0 Å². The normalized spacial score (nSPS) is 10.9. The van der Waals surface area contributed by atoms with E-state index in [1.807, 2.05) is 6.92 Å². The van der Waals surface area contributed by atoms with Gasteiger partial charge >= 0.3 is 0 Å². The second-order valence-electron chi connectivity index (χ2n) is 4.61. The fourth-order valence-electron chi connectivity index (χ4n) is 2.27. The molecule has 21 heavy (non-hydrogen) atoms. The summed E-state index contributed by atoms with van der Waals surface area (Å²) in [6.45, 7) is 2.71. The van der Waals surface area contributed by atoms with E-state index >= 15 is 0 Å². The SMILES string of the molecule is CCNc1ccc2c(=O)c3ccc([N+](=O)[O-])cc3oc2c1. The molecule has 0 spiro atoms. The fraction of sp³-hybridized carbons (Fsp3) is 0.133. The molecule has 0 aliphatic heterocycles. The van der Waals surface area contributed by atoms with Crippen molar-refractivity contribution in [2.75, 3.05) is 11.9 Å². The van der Waals surface area contributed by atoms with E-state index in [-0.39, 0.29) is 16.7 Å². The number of hydrogen-bond acceptors (Lipinski definition) is 5.